The third-order valence-electron chi connectivity index (χ3n) is 4.59. The van der Waals surface area contributed by atoms with E-state index in [1.54, 1.807) is 0 Å². The maximum absolute atomic E-state index is 12.2. The molecule has 0 aliphatic carbocycles. The molecule has 0 saturated carbocycles. The largest absolute Gasteiger partial charge is 0.368 e. The van der Waals surface area contributed by atoms with Crippen LogP contribution in [0, 0.1) is 5.41 Å². The van der Waals surface area contributed by atoms with Gasteiger partial charge in [-0.15, -0.1) is 0 Å². The summed E-state index contributed by atoms with van der Waals surface area (Å²) in [6, 6.07) is -0.687. The van der Waals surface area contributed by atoms with E-state index in [0.717, 1.165) is 12.8 Å². The van der Waals surface area contributed by atoms with Gasteiger partial charge in [-0.1, -0.05) is 20.8 Å². The minimum atomic E-state index is -0.687. The SMILES string of the molecule is CCC(C)(C)C(=O)NC(CCCCNC(=O)CCCCNC(C)=O)C(N)=O. The first-order chi connectivity index (χ1) is 12.6. The zero-order valence-corrected chi connectivity index (χ0v) is 17.2. The van der Waals surface area contributed by atoms with Gasteiger partial charge >= 0.3 is 0 Å². The lowest BCUT2D eigenvalue weighted by molar-refractivity contribution is -0.133. The molecule has 0 radical (unpaired) electrons. The Hall–Kier alpha value is -2.12. The van der Waals surface area contributed by atoms with Gasteiger partial charge in [0.15, 0.2) is 0 Å². The molecule has 0 aromatic carbocycles. The van der Waals surface area contributed by atoms with E-state index < -0.39 is 17.4 Å². The van der Waals surface area contributed by atoms with Crippen molar-refractivity contribution >= 4 is 23.6 Å². The summed E-state index contributed by atoms with van der Waals surface area (Å²) in [5, 5.41) is 8.24. The van der Waals surface area contributed by atoms with Crippen LogP contribution in [-0.2, 0) is 19.2 Å². The van der Waals surface area contributed by atoms with Gasteiger partial charge in [-0.25, -0.2) is 0 Å². The van der Waals surface area contributed by atoms with Gasteiger partial charge in [0.2, 0.25) is 23.6 Å². The van der Waals surface area contributed by atoms with Crippen LogP contribution in [0.4, 0.5) is 0 Å². The van der Waals surface area contributed by atoms with Crippen LogP contribution in [0.3, 0.4) is 0 Å². The van der Waals surface area contributed by atoms with E-state index in [0.29, 0.717) is 45.2 Å². The van der Waals surface area contributed by atoms with Crippen LogP contribution in [0.2, 0.25) is 0 Å². The topological polar surface area (TPSA) is 130 Å². The molecule has 0 rings (SSSR count). The number of hydrogen-bond donors (Lipinski definition) is 4. The molecular formula is C19H36N4O4. The Kier molecular flexibility index (Phi) is 12.1. The first kappa shape index (κ1) is 24.9. The average Bonchev–Trinajstić information content (AvgIpc) is 2.59. The van der Waals surface area contributed by atoms with Crippen molar-refractivity contribution in [2.24, 2.45) is 11.1 Å². The quantitative estimate of drug-likeness (QED) is 0.333. The van der Waals surface area contributed by atoms with Crippen molar-refractivity contribution in [3.05, 3.63) is 0 Å². The fourth-order valence-electron chi connectivity index (χ4n) is 2.26. The summed E-state index contributed by atoms with van der Waals surface area (Å²) in [5.74, 6) is -0.815. The van der Waals surface area contributed by atoms with Crippen molar-refractivity contribution in [1.82, 2.24) is 16.0 Å². The highest BCUT2D eigenvalue weighted by Crippen LogP contribution is 2.20. The molecule has 0 spiro atoms. The number of hydrogen-bond acceptors (Lipinski definition) is 4. The third kappa shape index (κ3) is 12.0. The Morgan fingerprint density at radius 3 is 2.11 bits per heavy atom. The standard InChI is InChI=1S/C19H36N4O4/c1-5-19(3,4)18(27)23-15(17(20)26)10-6-8-13-22-16(25)11-7-9-12-21-14(2)24/h15H,5-13H2,1-4H3,(H2,20,26)(H,21,24)(H,22,25)(H,23,27). The molecule has 1 unspecified atom stereocenters. The second-order valence-electron chi connectivity index (χ2n) is 7.45. The molecule has 5 N–H and O–H groups in total. The maximum Gasteiger partial charge on any atom is 0.239 e. The molecule has 0 saturated heterocycles. The highest BCUT2D eigenvalue weighted by Gasteiger charge is 2.28. The van der Waals surface area contributed by atoms with Crippen LogP contribution in [-0.4, -0.2) is 42.8 Å². The van der Waals surface area contributed by atoms with E-state index >= 15 is 0 Å². The van der Waals surface area contributed by atoms with Crippen LogP contribution in [0.5, 0.6) is 0 Å². The smallest absolute Gasteiger partial charge is 0.239 e. The van der Waals surface area contributed by atoms with Crippen molar-refractivity contribution < 1.29 is 19.2 Å². The second kappa shape index (κ2) is 13.1. The van der Waals surface area contributed by atoms with Crippen molar-refractivity contribution in [3.63, 3.8) is 0 Å². The second-order valence-corrected chi connectivity index (χ2v) is 7.45. The van der Waals surface area contributed by atoms with Crippen LogP contribution in [0.1, 0.15) is 72.6 Å². The molecule has 0 bridgehead atoms. The van der Waals surface area contributed by atoms with Gasteiger partial charge in [-0.2, -0.15) is 0 Å². The summed E-state index contributed by atoms with van der Waals surface area (Å²) >= 11 is 0. The number of carbonyl (C=O) groups is 4. The van der Waals surface area contributed by atoms with E-state index in [-0.39, 0.29) is 17.7 Å². The zero-order chi connectivity index (χ0) is 20.9. The number of nitrogens with one attached hydrogen (secondary N) is 3. The predicted octanol–water partition coefficient (Wildman–Crippen LogP) is 0.986. The van der Waals surface area contributed by atoms with Gasteiger partial charge in [0, 0.05) is 31.8 Å². The fraction of sp³-hybridized carbons (Fsp3) is 0.789. The van der Waals surface area contributed by atoms with Crippen molar-refractivity contribution in [1.29, 1.82) is 0 Å². The molecule has 1 atom stereocenters. The molecule has 0 aromatic rings. The van der Waals surface area contributed by atoms with Crippen molar-refractivity contribution in [3.8, 4) is 0 Å². The number of amides is 4. The Balaban J connectivity index is 3.95. The molecule has 0 fully saturated rings. The lowest BCUT2D eigenvalue weighted by atomic mass is 9.88. The third-order valence-corrected chi connectivity index (χ3v) is 4.59. The van der Waals surface area contributed by atoms with Crippen molar-refractivity contribution in [2.75, 3.05) is 13.1 Å². The molecule has 0 aromatic heterocycles. The summed E-state index contributed by atoms with van der Waals surface area (Å²) in [5.41, 5.74) is 4.84. The number of unbranched alkanes of at least 4 members (excludes halogenated alkanes) is 2. The molecule has 8 heteroatoms. The molecule has 4 amide bonds. The molecule has 8 nitrogen and oxygen atoms in total. The van der Waals surface area contributed by atoms with Gasteiger partial charge < -0.3 is 21.7 Å². The lowest BCUT2D eigenvalue weighted by Crippen LogP contribution is -2.48. The monoisotopic (exact) mass is 384 g/mol. The summed E-state index contributed by atoms with van der Waals surface area (Å²) in [6.45, 7) is 8.13. The first-order valence-electron chi connectivity index (χ1n) is 9.71. The van der Waals surface area contributed by atoms with E-state index in [4.69, 9.17) is 5.73 Å². The van der Waals surface area contributed by atoms with E-state index in [9.17, 15) is 19.2 Å². The normalized spacial score (nSPS) is 12.1. The van der Waals surface area contributed by atoms with Gasteiger partial charge in [-0.3, -0.25) is 19.2 Å². The fourth-order valence-corrected chi connectivity index (χ4v) is 2.26. The Morgan fingerprint density at radius 1 is 0.963 bits per heavy atom. The van der Waals surface area contributed by atoms with Crippen LogP contribution >= 0.6 is 0 Å². The first-order valence-corrected chi connectivity index (χ1v) is 9.71. The molecule has 0 heterocycles. The molecule has 0 aliphatic rings. The Morgan fingerprint density at radius 2 is 1.56 bits per heavy atom. The minimum absolute atomic E-state index is 0.0257. The highest BCUT2D eigenvalue weighted by atomic mass is 16.2. The van der Waals surface area contributed by atoms with Gasteiger partial charge in [-0.05, 0) is 38.5 Å². The van der Waals surface area contributed by atoms with E-state index in [1.165, 1.54) is 6.92 Å². The zero-order valence-electron chi connectivity index (χ0n) is 17.2. The number of nitrogens with two attached hydrogens (primary N) is 1. The lowest BCUT2D eigenvalue weighted by Gasteiger charge is -2.25. The summed E-state index contributed by atoms with van der Waals surface area (Å²) in [7, 11) is 0. The van der Waals surface area contributed by atoms with Crippen LogP contribution < -0.4 is 21.7 Å². The van der Waals surface area contributed by atoms with Crippen LogP contribution in [0.15, 0.2) is 0 Å². The van der Waals surface area contributed by atoms with Gasteiger partial charge in [0.05, 0.1) is 0 Å². The van der Waals surface area contributed by atoms with Gasteiger partial charge in [0.1, 0.15) is 6.04 Å². The summed E-state index contributed by atoms with van der Waals surface area (Å²) in [6.07, 6.45) is 4.40. The minimum Gasteiger partial charge on any atom is -0.368 e. The number of primary amides is 1. The maximum atomic E-state index is 12.2. The van der Waals surface area contributed by atoms with Crippen LogP contribution in [0.25, 0.3) is 0 Å². The molecule has 156 valence electrons. The summed E-state index contributed by atoms with van der Waals surface area (Å²) < 4.78 is 0. The Labute approximate surface area is 162 Å². The predicted molar refractivity (Wildman–Crippen MR) is 105 cm³/mol. The van der Waals surface area contributed by atoms with E-state index in [2.05, 4.69) is 16.0 Å². The molecular weight excluding hydrogens is 348 g/mol. The molecule has 0 aliphatic heterocycles. The Bertz CT molecular complexity index is 506. The molecule has 27 heavy (non-hydrogen) atoms. The number of rotatable bonds is 14. The number of carbonyl (C=O) groups excluding carboxylic acids is 4. The average molecular weight is 385 g/mol. The van der Waals surface area contributed by atoms with Crippen molar-refractivity contribution in [2.45, 2.75) is 78.7 Å². The van der Waals surface area contributed by atoms with Gasteiger partial charge in [0.25, 0.3) is 0 Å². The van der Waals surface area contributed by atoms with E-state index in [1.807, 2.05) is 20.8 Å². The summed E-state index contributed by atoms with van der Waals surface area (Å²) in [4.78, 5) is 46.1. The highest BCUT2D eigenvalue weighted by molar-refractivity contribution is 5.88.